The fourth-order valence-corrected chi connectivity index (χ4v) is 3.00. The SMILES string of the molecule is COc1ccc(CCN2C[C@@H](NC(=O)c3ccnn3C)CC2=O)cc1. The molecular formula is C18H22N4O3. The van der Waals surface area contributed by atoms with Crippen molar-refractivity contribution in [3.8, 4) is 5.75 Å². The van der Waals surface area contributed by atoms with Crippen molar-refractivity contribution >= 4 is 11.8 Å². The van der Waals surface area contributed by atoms with Gasteiger partial charge in [-0.15, -0.1) is 0 Å². The van der Waals surface area contributed by atoms with E-state index in [1.54, 1.807) is 31.3 Å². The van der Waals surface area contributed by atoms with Gasteiger partial charge in [-0.2, -0.15) is 5.10 Å². The molecule has 1 aliphatic rings. The summed E-state index contributed by atoms with van der Waals surface area (Å²) >= 11 is 0. The second-order valence-electron chi connectivity index (χ2n) is 6.15. The van der Waals surface area contributed by atoms with E-state index >= 15 is 0 Å². The maximum atomic E-state index is 12.2. The van der Waals surface area contributed by atoms with Gasteiger partial charge in [0.15, 0.2) is 0 Å². The second kappa shape index (κ2) is 7.38. The zero-order valence-electron chi connectivity index (χ0n) is 14.4. The zero-order chi connectivity index (χ0) is 17.8. The highest BCUT2D eigenvalue weighted by molar-refractivity contribution is 5.93. The van der Waals surface area contributed by atoms with E-state index in [0.29, 0.717) is 25.2 Å². The topological polar surface area (TPSA) is 76.5 Å². The molecule has 7 heteroatoms. The number of carbonyl (C=O) groups excluding carboxylic acids is 2. The molecule has 2 amide bonds. The Hall–Kier alpha value is -2.83. The molecule has 1 aliphatic heterocycles. The Bertz CT molecular complexity index is 754. The molecule has 132 valence electrons. The third-order valence-electron chi connectivity index (χ3n) is 4.43. The van der Waals surface area contributed by atoms with Crippen molar-refractivity contribution in [2.45, 2.75) is 18.9 Å². The first kappa shape index (κ1) is 17.0. The molecule has 0 bridgehead atoms. The number of aryl methyl sites for hydroxylation is 1. The highest BCUT2D eigenvalue weighted by Gasteiger charge is 2.30. The Morgan fingerprint density at radius 2 is 2.08 bits per heavy atom. The van der Waals surface area contributed by atoms with Gasteiger partial charge in [-0.3, -0.25) is 14.3 Å². The molecule has 0 aliphatic carbocycles. The minimum atomic E-state index is -0.199. The Morgan fingerprint density at radius 3 is 2.72 bits per heavy atom. The number of carbonyl (C=O) groups is 2. The standard InChI is InChI=1S/C18H22N4O3/c1-21-16(7-9-19-21)18(24)20-14-11-17(23)22(12-14)10-8-13-3-5-15(25-2)6-4-13/h3-7,9,14H,8,10-12H2,1-2H3,(H,20,24)/t14-/m0/s1. The smallest absolute Gasteiger partial charge is 0.269 e. The summed E-state index contributed by atoms with van der Waals surface area (Å²) in [6.07, 6.45) is 2.69. The van der Waals surface area contributed by atoms with Gasteiger partial charge in [0.25, 0.3) is 5.91 Å². The molecule has 1 saturated heterocycles. The maximum absolute atomic E-state index is 12.2. The summed E-state index contributed by atoms with van der Waals surface area (Å²) in [5.41, 5.74) is 1.64. The van der Waals surface area contributed by atoms with E-state index in [2.05, 4.69) is 10.4 Å². The van der Waals surface area contributed by atoms with Crippen molar-refractivity contribution in [1.29, 1.82) is 0 Å². The van der Waals surface area contributed by atoms with Gasteiger partial charge in [-0.25, -0.2) is 0 Å². The van der Waals surface area contributed by atoms with Crippen LogP contribution >= 0.6 is 0 Å². The van der Waals surface area contributed by atoms with Crippen LogP contribution in [0.3, 0.4) is 0 Å². The summed E-state index contributed by atoms with van der Waals surface area (Å²) in [5.74, 6) is 0.692. The quantitative estimate of drug-likeness (QED) is 0.850. The van der Waals surface area contributed by atoms with E-state index in [4.69, 9.17) is 4.74 Å². The van der Waals surface area contributed by atoms with E-state index in [-0.39, 0.29) is 17.9 Å². The van der Waals surface area contributed by atoms with E-state index in [1.807, 2.05) is 24.3 Å². The van der Waals surface area contributed by atoms with Gasteiger partial charge in [0.1, 0.15) is 11.4 Å². The number of ether oxygens (including phenoxy) is 1. The van der Waals surface area contributed by atoms with E-state index < -0.39 is 0 Å². The molecule has 0 spiro atoms. The fraction of sp³-hybridized carbons (Fsp3) is 0.389. The lowest BCUT2D eigenvalue weighted by molar-refractivity contribution is -0.127. The number of methoxy groups -OCH3 is 1. The molecule has 25 heavy (non-hydrogen) atoms. The molecular weight excluding hydrogens is 320 g/mol. The molecule has 2 aromatic rings. The minimum Gasteiger partial charge on any atom is -0.497 e. The van der Waals surface area contributed by atoms with E-state index in [9.17, 15) is 9.59 Å². The fourth-order valence-electron chi connectivity index (χ4n) is 3.00. The van der Waals surface area contributed by atoms with Crippen molar-refractivity contribution in [2.75, 3.05) is 20.2 Å². The zero-order valence-corrected chi connectivity index (χ0v) is 14.4. The van der Waals surface area contributed by atoms with Crippen LogP contribution in [0.5, 0.6) is 5.75 Å². The molecule has 1 fully saturated rings. The Balaban J connectivity index is 1.51. The minimum absolute atomic E-state index is 0.0730. The number of nitrogens with one attached hydrogen (secondary N) is 1. The molecule has 1 N–H and O–H groups in total. The summed E-state index contributed by atoms with van der Waals surface area (Å²) < 4.78 is 6.66. The van der Waals surface area contributed by atoms with Gasteiger partial charge in [0.05, 0.1) is 13.2 Å². The Labute approximate surface area is 146 Å². The van der Waals surface area contributed by atoms with Crippen LogP contribution in [0.4, 0.5) is 0 Å². The molecule has 1 aromatic heterocycles. The lowest BCUT2D eigenvalue weighted by Crippen LogP contribution is -2.38. The van der Waals surface area contributed by atoms with Crippen LogP contribution in [0.2, 0.25) is 0 Å². The number of nitrogens with zero attached hydrogens (tertiary/aromatic N) is 3. The van der Waals surface area contributed by atoms with Crippen LogP contribution in [0, 0.1) is 0 Å². The van der Waals surface area contributed by atoms with Crippen LogP contribution in [-0.2, 0) is 18.3 Å². The van der Waals surface area contributed by atoms with Crippen molar-refractivity contribution in [3.63, 3.8) is 0 Å². The molecule has 1 atom stereocenters. The van der Waals surface area contributed by atoms with Crippen LogP contribution in [0.15, 0.2) is 36.5 Å². The molecule has 1 aromatic carbocycles. The first-order valence-electron chi connectivity index (χ1n) is 8.26. The number of amides is 2. The van der Waals surface area contributed by atoms with Crippen molar-refractivity contribution in [3.05, 3.63) is 47.8 Å². The third-order valence-corrected chi connectivity index (χ3v) is 4.43. The Morgan fingerprint density at radius 1 is 1.32 bits per heavy atom. The van der Waals surface area contributed by atoms with Crippen LogP contribution < -0.4 is 10.1 Å². The number of benzene rings is 1. The third kappa shape index (κ3) is 3.99. The van der Waals surface area contributed by atoms with Gasteiger partial charge >= 0.3 is 0 Å². The highest BCUT2D eigenvalue weighted by atomic mass is 16.5. The number of rotatable bonds is 6. The second-order valence-corrected chi connectivity index (χ2v) is 6.15. The Kier molecular flexibility index (Phi) is 5.02. The van der Waals surface area contributed by atoms with Gasteiger partial charge in [0.2, 0.25) is 5.91 Å². The largest absolute Gasteiger partial charge is 0.497 e. The predicted molar refractivity (Wildman–Crippen MR) is 92.4 cm³/mol. The average Bonchev–Trinajstić information content (AvgIpc) is 3.19. The summed E-state index contributed by atoms with van der Waals surface area (Å²) in [5, 5.41) is 6.90. The summed E-state index contributed by atoms with van der Waals surface area (Å²) in [6, 6.07) is 9.33. The monoisotopic (exact) mass is 342 g/mol. The summed E-state index contributed by atoms with van der Waals surface area (Å²) in [7, 11) is 3.35. The number of hydrogen-bond acceptors (Lipinski definition) is 4. The lowest BCUT2D eigenvalue weighted by Gasteiger charge is -2.17. The number of aromatic nitrogens is 2. The van der Waals surface area contributed by atoms with Crippen molar-refractivity contribution < 1.29 is 14.3 Å². The molecule has 2 heterocycles. The molecule has 0 radical (unpaired) electrons. The number of likely N-dealkylation sites (tertiary alicyclic amines) is 1. The first-order chi connectivity index (χ1) is 12.1. The first-order valence-corrected chi connectivity index (χ1v) is 8.26. The van der Waals surface area contributed by atoms with Crippen LogP contribution in [-0.4, -0.2) is 52.7 Å². The molecule has 3 rings (SSSR count). The number of hydrogen-bond donors (Lipinski definition) is 1. The normalized spacial score (nSPS) is 17.0. The van der Waals surface area contributed by atoms with Gasteiger partial charge < -0.3 is 15.0 Å². The molecule has 0 saturated carbocycles. The predicted octanol–water partition coefficient (Wildman–Crippen LogP) is 1.00. The van der Waals surface area contributed by atoms with Crippen molar-refractivity contribution in [2.24, 2.45) is 7.05 Å². The van der Waals surface area contributed by atoms with Gasteiger partial charge in [0, 0.05) is 32.8 Å². The summed E-state index contributed by atoms with van der Waals surface area (Å²) in [4.78, 5) is 26.2. The average molecular weight is 342 g/mol. The summed E-state index contributed by atoms with van der Waals surface area (Å²) in [6.45, 7) is 1.18. The van der Waals surface area contributed by atoms with Gasteiger partial charge in [-0.05, 0) is 30.2 Å². The highest BCUT2D eigenvalue weighted by Crippen LogP contribution is 2.15. The van der Waals surface area contributed by atoms with Crippen molar-refractivity contribution in [1.82, 2.24) is 20.0 Å². The molecule has 7 nitrogen and oxygen atoms in total. The van der Waals surface area contributed by atoms with E-state index in [0.717, 1.165) is 17.7 Å². The van der Waals surface area contributed by atoms with Gasteiger partial charge in [-0.1, -0.05) is 12.1 Å². The molecule has 0 unspecified atom stereocenters. The van der Waals surface area contributed by atoms with Crippen LogP contribution in [0.25, 0.3) is 0 Å². The van der Waals surface area contributed by atoms with Crippen LogP contribution in [0.1, 0.15) is 22.5 Å². The lowest BCUT2D eigenvalue weighted by atomic mass is 10.1. The maximum Gasteiger partial charge on any atom is 0.269 e. The van der Waals surface area contributed by atoms with E-state index in [1.165, 1.54) is 4.68 Å².